The number of hydrogen-bond acceptors (Lipinski definition) is 3. The van der Waals surface area contributed by atoms with Crippen molar-refractivity contribution in [2.45, 2.75) is 25.5 Å². The molecular formula is C12H15Cl2NO2S. The predicted octanol–water partition coefficient (Wildman–Crippen LogP) is 4.17. The van der Waals surface area contributed by atoms with E-state index in [2.05, 4.69) is 5.32 Å². The summed E-state index contributed by atoms with van der Waals surface area (Å²) in [5.41, 5.74) is 0.229. The molecule has 2 N–H and O–H groups in total. The summed E-state index contributed by atoms with van der Waals surface area (Å²) in [6.07, 6.45) is 0. The van der Waals surface area contributed by atoms with E-state index in [9.17, 15) is 9.90 Å². The first-order valence-electron chi connectivity index (χ1n) is 5.31. The molecule has 0 aliphatic rings. The van der Waals surface area contributed by atoms with Crippen LogP contribution >= 0.6 is 35.0 Å². The van der Waals surface area contributed by atoms with Crippen LogP contribution < -0.4 is 5.32 Å². The van der Waals surface area contributed by atoms with Crippen molar-refractivity contribution >= 4 is 46.6 Å². The van der Waals surface area contributed by atoms with Gasteiger partial charge in [-0.05, 0) is 12.1 Å². The summed E-state index contributed by atoms with van der Waals surface area (Å²) >= 11 is 13.1. The van der Waals surface area contributed by atoms with Gasteiger partial charge in [0.1, 0.15) is 0 Å². The highest BCUT2D eigenvalue weighted by Crippen LogP contribution is 2.35. The largest absolute Gasteiger partial charge is 0.504 e. The third kappa shape index (κ3) is 4.96. The van der Waals surface area contributed by atoms with Gasteiger partial charge in [0.15, 0.2) is 5.75 Å². The van der Waals surface area contributed by atoms with E-state index in [1.54, 1.807) is 0 Å². The predicted molar refractivity (Wildman–Crippen MR) is 79.0 cm³/mol. The van der Waals surface area contributed by atoms with E-state index in [-0.39, 0.29) is 27.1 Å². The lowest BCUT2D eigenvalue weighted by Crippen LogP contribution is -2.19. The molecular weight excluding hydrogens is 293 g/mol. The number of thioether (sulfide) groups is 1. The second kappa shape index (κ2) is 6.04. The monoisotopic (exact) mass is 307 g/mol. The first-order chi connectivity index (χ1) is 8.19. The number of phenolic OH excluding ortho intramolecular Hbond substituents is 1. The van der Waals surface area contributed by atoms with E-state index < -0.39 is 0 Å². The number of nitrogens with one attached hydrogen (secondary N) is 1. The van der Waals surface area contributed by atoms with Gasteiger partial charge < -0.3 is 10.4 Å². The molecule has 0 unspecified atom stereocenters. The minimum atomic E-state index is -0.205. The van der Waals surface area contributed by atoms with Gasteiger partial charge in [-0.2, -0.15) is 0 Å². The molecule has 1 rings (SSSR count). The maximum atomic E-state index is 11.7. The zero-order valence-corrected chi connectivity index (χ0v) is 12.7. The van der Waals surface area contributed by atoms with Crippen molar-refractivity contribution in [2.75, 3.05) is 11.1 Å². The van der Waals surface area contributed by atoms with Crippen molar-refractivity contribution in [3.63, 3.8) is 0 Å². The second-order valence-electron chi connectivity index (χ2n) is 4.73. The molecule has 0 atom stereocenters. The Morgan fingerprint density at radius 2 is 2.00 bits per heavy atom. The number of benzene rings is 1. The van der Waals surface area contributed by atoms with Gasteiger partial charge in [-0.1, -0.05) is 44.0 Å². The standard InChI is InChI=1S/C12H15Cl2NO2S/c1-12(2,3)18-6-10(16)15-9-5-7(13)4-8(14)11(9)17/h4-5,17H,6H2,1-3H3,(H,15,16). The molecule has 18 heavy (non-hydrogen) atoms. The number of carbonyl (C=O) groups is 1. The summed E-state index contributed by atoms with van der Waals surface area (Å²) in [7, 11) is 0. The Labute approximate surface area is 121 Å². The lowest BCUT2D eigenvalue weighted by molar-refractivity contribution is -0.113. The summed E-state index contributed by atoms with van der Waals surface area (Å²) in [5, 5.41) is 12.7. The van der Waals surface area contributed by atoms with E-state index in [0.29, 0.717) is 10.8 Å². The van der Waals surface area contributed by atoms with Crippen molar-refractivity contribution in [1.82, 2.24) is 0 Å². The van der Waals surface area contributed by atoms with Crippen molar-refractivity contribution < 1.29 is 9.90 Å². The van der Waals surface area contributed by atoms with Gasteiger partial charge in [0, 0.05) is 9.77 Å². The Morgan fingerprint density at radius 1 is 1.39 bits per heavy atom. The van der Waals surface area contributed by atoms with Gasteiger partial charge in [0.2, 0.25) is 5.91 Å². The summed E-state index contributed by atoms with van der Waals surface area (Å²) in [5.74, 6) is -0.0775. The number of rotatable bonds is 3. The molecule has 0 aliphatic heterocycles. The molecule has 0 spiro atoms. The summed E-state index contributed by atoms with van der Waals surface area (Å²) < 4.78 is 0.00532. The molecule has 0 aromatic heterocycles. The van der Waals surface area contributed by atoms with Crippen LogP contribution in [-0.4, -0.2) is 21.5 Å². The molecule has 100 valence electrons. The average Bonchev–Trinajstić information content (AvgIpc) is 2.21. The topological polar surface area (TPSA) is 49.3 Å². The van der Waals surface area contributed by atoms with Gasteiger partial charge in [-0.25, -0.2) is 0 Å². The first kappa shape index (κ1) is 15.5. The number of phenols is 1. The zero-order chi connectivity index (χ0) is 13.9. The Bertz CT molecular complexity index is 458. The van der Waals surface area contributed by atoms with Crippen LogP contribution in [0.4, 0.5) is 5.69 Å². The van der Waals surface area contributed by atoms with Crippen LogP contribution in [-0.2, 0) is 4.79 Å². The minimum absolute atomic E-state index is 0.00532. The van der Waals surface area contributed by atoms with E-state index >= 15 is 0 Å². The fourth-order valence-electron chi connectivity index (χ4n) is 1.13. The first-order valence-corrected chi connectivity index (χ1v) is 7.05. The van der Waals surface area contributed by atoms with Crippen LogP contribution in [0.2, 0.25) is 10.0 Å². The number of aromatic hydroxyl groups is 1. The number of hydrogen-bond donors (Lipinski definition) is 2. The Hall–Kier alpha value is -0.580. The Kier molecular flexibility index (Phi) is 5.20. The number of amides is 1. The molecule has 0 heterocycles. The summed E-state index contributed by atoms with van der Waals surface area (Å²) in [6, 6.07) is 2.88. The van der Waals surface area contributed by atoms with E-state index in [4.69, 9.17) is 23.2 Å². The molecule has 1 aromatic carbocycles. The highest BCUT2D eigenvalue weighted by atomic mass is 35.5. The van der Waals surface area contributed by atoms with Crippen LogP contribution in [0.15, 0.2) is 12.1 Å². The Morgan fingerprint density at radius 3 is 2.56 bits per heavy atom. The van der Waals surface area contributed by atoms with Gasteiger partial charge in [0.25, 0.3) is 0 Å². The molecule has 1 amide bonds. The maximum Gasteiger partial charge on any atom is 0.234 e. The van der Waals surface area contributed by atoms with E-state index in [0.717, 1.165) is 0 Å². The SMILES string of the molecule is CC(C)(C)SCC(=O)Nc1cc(Cl)cc(Cl)c1O. The highest BCUT2D eigenvalue weighted by Gasteiger charge is 2.15. The van der Waals surface area contributed by atoms with Crippen LogP contribution in [0.5, 0.6) is 5.75 Å². The van der Waals surface area contributed by atoms with Gasteiger partial charge >= 0.3 is 0 Å². The molecule has 0 saturated carbocycles. The molecule has 3 nitrogen and oxygen atoms in total. The number of anilines is 1. The van der Waals surface area contributed by atoms with Gasteiger partial charge in [0.05, 0.1) is 16.5 Å². The highest BCUT2D eigenvalue weighted by molar-refractivity contribution is 8.01. The van der Waals surface area contributed by atoms with Gasteiger partial charge in [-0.15, -0.1) is 11.8 Å². The van der Waals surface area contributed by atoms with Crippen molar-refractivity contribution in [3.8, 4) is 5.75 Å². The quantitative estimate of drug-likeness (QED) is 0.824. The lowest BCUT2D eigenvalue weighted by Gasteiger charge is -2.17. The lowest BCUT2D eigenvalue weighted by atomic mass is 10.3. The molecule has 0 bridgehead atoms. The third-order valence-electron chi connectivity index (χ3n) is 1.94. The van der Waals surface area contributed by atoms with Crippen molar-refractivity contribution in [3.05, 3.63) is 22.2 Å². The fourth-order valence-corrected chi connectivity index (χ4v) is 2.26. The molecule has 0 radical (unpaired) electrons. The molecule has 1 aromatic rings. The molecule has 0 saturated heterocycles. The summed E-state index contributed by atoms with van der Waals surface area (Å²) in [6.45, 7) is 6.08. The maximum absolute atomic E-state index is 11.7. The van der Waals surface area contributed by atoms with Crippen LogP contribution in [0, 0.1) is 0 Å². The summed E-state index contributed by atoms with van der Waals surface area (Å²) in [4.78, 5) is 11.7. The van der Waals surface area contributed by atoms with Crippen molar-refractivity contribution in [2.24, 2.45) is 0 Å². The van der Waals surface area contributed by atoms with Crippen LogP contribution in [0.3, 0.4) is 0 Å². The second-order valence-corrected chi connectivity index (χ2v) is 7.38. The van der Waals surface area contributed by atoms with Crippen LogP contribution in [0.1, 0.15) is 20.8 Å². The fraction of sp³-hybridized carbons (Fsp3) is 0.417. The number of carbonyl (C=O) groups excluding carboxylic acids is 1. The van der Waals surface area contributed by atoms with E-state index in [1.165, 1.54) is 23.9 Å². The number of halogens is 2. The molecule has 0 fully saturated rings. The Balaban J connectivity index is 2.71. The van der Waals surface area contributed by atoms with Gasteiger partial charge in [-0.3, -0.25) is 4.79 Å². The average molecular weight is 308 g/mol. The normalized spacial score (nSPS) is 11.4. The molecule has 6 heteroatoms. The minimum Gasteiger partial charge on any atom is -0.504 e. The smallest absolute Gasteiger partial charge is 0.234 e. The zero-order valence-electron chi connectivity index (χ0n) is 10.4. The third-order valence-corrected chi connectivity index (χ3v) is 3.72. The van der Waals surface area contributed by atoms with Crippen molar-refractivity contribution in [1.29, 1.82) is 0 Å². The molecule has 0 aliphatic carbocycles. The van der Waals surface area contributed by atoms with E-state index in [1.807, 2.05) is 20.8 Å². The van der Waals surface area contributed by atoms with Crippen LogP contribution in [0.25, 0.3) is 0 Å².